The van der Waals surface area contributed by atoms with Gasteiger partial charge in [0, 0.05) is 25.9 Å². The first-order chi connectivity index (χ1) is 10.8. The molecule has 0 aromatic carbocycles. The van der Waals surface area contributed by atoms with E-state index >= 15 is 0 Å². The maximum atomic E-state index is 12.7. The van der Waals surface area contributed by atoms with Gasteiger partial charge in [0.2, 0.25) is 10.0 Å². The minimum atomic E-state index is -3.82. The van der Waals surface area contributed by atoms with Crippen LogP contribution in [0.25, 0.3) is 11.0 Å². The number of hydrogen-bond donors (Lipinski definition) is 3. The Labute approximate surface area is 131 Å². The summed E-state index contributed by atoms with van der Waals surface area (Å²) in [4.78, 5) is 31.1. The van der Waals surface area contributed by atoms with Crippen LogP contribution in [0.5, 0.6) is 0 Å². The summed E-state index contributed by atoms with van der Waals surface area (Å²) in [5, 5.41) is 9.28. The number of hydrogen-bond acceptors (Lipinski definition) is 6. The lowest BCUT2D eigenvalue weighted by molar-refractivity contribution is 0.210. The first-order valence-electron chi connectivity index (χ1n) is 7.06. The number of H-pyrrole nitrogens is 2. The number of nitrogens with one attached hydrogen (secondary N) is 2. The van der Waals surface area contributed by atoms with Crippen LogP contribution in [0.2, 0.25) is 0 Å². The SMILES string of the molecule is C[C@@H]1CN(S(=O)(=O)c2cnc3[nH]c(=O)[nH]c(=O)c3c2)C[C@H]1CO. The molecule has 0 radical (unpaired) electrons. The molecule has 9 nitrogen and oxygen atoms in total. The average Bonchev–Trinajstić information content (AvgIpc) is 2.88. The number of aromatic nitrogens is 3. The molecule has 1 fully saturated rings. The van der Waals surface area contributed by atoms with Crippen LogP contribution < -0.4 is 11.2 Å². The van der Waals surface area contributed by atoms with E-state index in [4.69, 9.17) is 0 Å². The molecule has 3 N–H and O–H groups in total. The summed E-state index contributed by atoms with van der Waals surface area (Å²) in [5.74, 6) is -0.0686. The van der Waals surface area contributed by atoms with Gasteiger partial charge < -0.3 is 5.11 Å². The predicted molar refractivity (Wildman–Crippen MR) is 81.5 cm³/mol. The summed E-state index contributed by atoms with van der Waals surface area (Å²) in [6.07, 6.45) is 1.12. The zero-order chi connectivity index (χ0) is 16.8. The van der Waals surface area contributed by atoms with Crippen LogP contribution >= 0.6 is 0 Å². The standard InChI is InChI=1S/C13H16N4O5S/c1-7-4-17(5-8(7)6-18)23(21,22)9-2-10-11(14-3-9)15-13(20)16-12(10)19/h2-3,7-8,18H,4-6H2,1H3,(H2,14,15,16,19,20)/t7-,8+/m1/s1. The predicted octanol–water partition coefficient (Wildman–Crippen LogP) is -1.14. The van der Waals surface area contributed by atoms with Crippen molar-refractivity contribution >= 4 is 21.1 Å². The molecule has 23 heavy (non-hydrogen) atoms. The maximum Gasteiger partial charge on any atom is 0.327 e. The topological polar surface area (TPSA) is 136 Å². The number of nitrogens with zero attached hydrogens (tertiary/aromatic N) is 2. The number of rotatable bonds is 3. The number of sulfonamides is 1. The van der Waals surface area contributed by atoms with Gasteiger partial charge in [0.1, 0.15) is 10.5 Å². The summed E-state index contributed by atoms with van der Waals surface area (Å²) < 4.78 is 26.6. The molecule has 0 amide bonds. The lowest BCUT2D eigenvalue weighted by Gasteiger charge is -2.16. The van der Waals surface area contributed by atoms with Gasteiger partial charge in [-0.1, -0.05) is 6.92 Å². The number of pyridine rings is 1. The van der Waals surface area contributed by atoms with Crippen LogP contribution in [0.3, 0.4) is 0 Å². The summed E-state index contributed by atoms with van der Waals surface area (Å²) >= 11 is 0. The summed E-state index contributed by atoms with van der Waals surface area (Å²) in [6, 6.07) is 1.20. The second kappa shape index (κ2) is 5.55. The molecule has 3 heterocycles. The van der Waals surface area contributed by atoms with Gasteiger partial charge >= 0.3 is 5.69 Å². The van der Waals surface area contributed by atoms with Crippen molar-refractivity contribution in [1.29, 1.82) is 0 Å². The van der Waals surface area contributed by atoms with Gasteiger partial charge in [-0.15, -0.1) is 0 Å². The van der Waals surface area contributed by atoms with Gasteiger partial charge in [-0.3, -0.25) is 14.8 Å². The second-order valence-electron chi connectivity index (χ2n) is 5.72. The van der Waals surface area contributed by atoms with Gasteiger partial charge in [0.25, 0.3) is 5.56 Å². The molecule has 3 rings (SSSR count). The van der Waals surface area contributed by atoms with E-state index in [0.29, 0.717) is 6.54 Å². The molecule has 2 atom stereocenters. The molecular weight excluding hydrogens is 324 g/mol. The van der Waals surface area contributed by atoms with E-state index in [1.807, 2.05) is 11.9 Å². The van der Waals surface area contributed by atoms with Gasteiger partial charge in [-0.05, 0) is 17.9 Å². The molecule has 0 unspecified atom stereocenters. The van der Waals surface area contributed by atoms with Crippen LogP contribution in [-0.2, 0) is 10.0 Å². The van der Waals surface area contributed by atoms with Crippen molar-refractivity contribution in [2.45, 2.75) is 11.8 Å². The molecular formula is C13H16N4O5S. The van der Waals surface area contributed by atoms with E-state index < -0.39 is 21.3 Å². The van der Waals surface area contributed by atoms with Crippen LogP contribution in [0.1, 0.15) is 6.92 Å². The minimum absolute atomic E-state index is 0.00312. The van der Waals surface area contributed by atoms with Crippen molar-refractivity contribution in [1.82, 2.24) is 19.3 Å². The highest BCUT2D eigenvalue weighted by Crippen LogP contribution is 2.28. The number of aliphatic hydroxyl groups excluding tert-OH is 1. The Balaban J connectivity index is 2.06. The highest BCUT2D eigenvalue weighted by atomic mass is 32.2. The lowest BCUT2D eigenvalue weighted by Crippen LogP contribution is -2.30. The van der Waals surface area contributed by atoms with E-state index in [1.165, 1.54) is 10.4 Å². The molecule has 0 saturated carbocycles. The van der Waals surface area contributed by atoms with Crippen LogP contribution in [0, 0.1) is 11.8 Å². The van der Waals surface area contributed by atoms with Crippen molar-refractivity contribution in [2.24, 2.45) is 11.8 Å². The second-order valence-corrected chi connectivity index (χ2v) is 7.66. The molecule has 2 aromatic rings. The third-order valence-electron chi connectivity index (χ3n) is 4.17. The zero-order valence-corrected chi connectivity index (χ0v) is 13.1. The van der Waals surface area contributed by atoms with E-state index in [2.05, 4.69) is 9.97 Å². The van der Waals surface area contributed by atoms with Crippen LogP contribution in [-0.4, -0.2) is 52.5 Å². The third-order valence-corrected chi connectivity index (χ3v) is 5.97. The van der Waals surface area contributed by atoms with Gasteiger partial charge in [-0.2, -0.15) is 4.31 Å². The highest BCUT2D eigenvalue weighted by molar-refractivity contribution is 7.89. The van der Waals surface area contributed by atoms with Crippen molar-refractivity contribution in [3.63, 3.8) is 0 Å². The third kappa shape index (κ3) is 2.69. The molecule has 2 aromatic heterocycles. The Morgan fingerprint density at radius 2 is 2.09 bits per heavy atom. The number of aliphatic hydroxyl groups is 1. The Morgan fingerprint density at radius 1 is 1.35 bits per heavy atom. The average molecular weight is 340 g/mol. The first-order valence-corrected chi connectivity index (χ1v) is 8.50. The summed E-state index contributed by atoms with van der Waals surface area (Å²) in [5.41, 5.74) is -1.37. The summed E-state index contributed by atoms with van der Waals surface area (Å²) in [6.45, 7) is 2.32. The molecule has 0 spiro atoms. The maximum absolute atomic E-state index is 12.7. The number of aromatic amines is 2. The largest absolute Gasteiger partial charge is 0.396 e. The fourth-order valence-electron chi connectivity index (χ4n) is 2.74. The fraction of sp³-hybridized carbons (Fsp3) is 0.462. The normalized spacial score (nSPS) is 22.7. The van der Waals surface area contributed by atoms with Crippen molar-refractivity contribution in [3.8, 4) is 0 Å². The Kier molecular flexibility index (Phi) is 3.82. The van der Waals surface area contributed by atoms with E-state index in [0.717, 1.165) is 6.20 Å². The smallest absolute Gasteiger partial charge is 0.327 e. The highest BCUT2D eigenvalue weighted by Gasteiger charge is 2.37. The molecule has 1 saturated heterocycles. The van der Waals surface area contributed by atoms with E-state index in [9.17, 15) is 23.1 Å². The molecule has 0 bridgehead atoms. The van der Waals surface area contributed by atoms with E-state index in [1.54, 1.807) is 0 Å². The molecule has 1 aliphatic heterocycles. The lowest BCUT2D eigenvalue weighted by atomic mass is 10.00. The summed E-state index contributed by atoms with van der Waals surface area (Å²) in [7, 11) is -3.82. The van der Waals surface area contributed by atoms with Crippen molar-refractivity contribution in [3.05, 3.63) is 33.1 Å². The molecule has 0 aliphatic carbocycles. The molecule has 124 valence electrons. The van der Waals surface area contributed by atoms with Crippen molar-refractivity contribution in [2.75, 3.05) is 19.7 Å². The Hall–Kier alpha value is -2.04. The minimum Gasteiger partial charge on any atom is -0.396 e. The fourth-order valence-corrected chi connectivity index (χ4v) is 4.31. The van der Waals surface area contributed by atoms with Gasteiger partial charge in [0.05, 0.1) is 5.39 Å². The van der Waals surface area contributed by atoms with Crippen molar-refractivity contribution < 1.29 is 13.5 Å². The zero-order valence-electron chi connectivity index (χ0n) is 12.3. The monoisotopic (exact) mass is 340 g/mol. The number of fused-ring (bicyclic) bond motifs is 1. The van der Waals surface area contributed by atoms with Gasteiger partial charge in [0.15, 0.2) is 0 Å². The van der Waals surface area contributed by atoms with Crippen LogP contribution in [0.15, 0.2) is 26.7 Å². The molecule has 1 aliphatic rings. The van der Waals surface area contributed by atoms with Gasteiger partial charge in [-0.25, -0.2) is 18.2 Å². The molecule has 10 heteroatoms. The Morgan fingerprint density at radius 3 is 2.74 bits per heavy atom. The van der Waals surface area contributed by atoms with E-state index in [-0.39, 0.29) is 40.9 Å². The first kappa shape index (κ1) is 15.8. The van der Waals surface area contributed by atoms with Crippen LogP contribution in [0.4, 0.5) is 0 Å². The Bertz CT molecular complexity index is 964. The quantitative estimate of drug-likeness (QED) is 0.646.